The van der Waals surface area contributed by atoms with Crippen molar-refractivity contribution in [3.63, 3.8) is 0 Å². The van der Waals surface area contributed by atoms with Crippen LogP contribution >= 0.6 is 0 Å². The molecular weight excluding hydrogens is 278 g/mol. The number of carboxylic acid groups (broad SMARTS) is 1. The minimum atomic E-state index is -0.905. The number of H-pyrrole nitrogens is 1. The summed E-state index contributed by atoms with van der Waals surface area (Å²) in [5, 5.41) is 9.02. The Kier molecular flexibility index (Phi) is 4.43. The molecule has 2 heterocycles. The number of carbonyl (C=O) groups is 1. The molecule has 1 atom stereocenters. The first kappa shape index (κ1) is 15.0. The molecule has 1 saturated heterocycles. The molecule has 2 N–H and O–H groups in total. The summed E-state index contributed by atoms with van der Waals surface area (Å²) in [6.45, 7) is 4.63. The summed E-state index contributed by atoms with van der Waals surface area (Å²) in [5.41, 5.74) is 1.94. The fraction of sp³-hybridized carbons (Fsp3) is 0.529. The van der Waals surface area contributed by atoms with E-state index in [1.165, 1.54) is 25.8 Å². The quantitative estimate of drug-likeness (QED) is 0.890. The summed E-state index contributed by atoms with van der Waals surface area (Å²) >= 11 is 0. The maximum absolute atomic E-state index is 11.0. The van der Waals surface area contributed by atoms with E-state index in [4.69, 9.17) is 5.11 Å². The van der Waals surface area contributed by atoms with Gasteiger partial charge in [-0.1, -0.05) is 6.42 Å². The molecule has 1 aliphatic heterocycles. The zero-order chi connectivity index (χ0) is 15.5. The second kappa shape index (κ2) is 6.48. The van der Waals surface area contributed by atoms with Gasteiger partial charge < -0.3 is 15.0 Å². The van der Waals surface area contributed by atoms with Crippen LogP contribution in [0, 0.1) is 0 Å². The fourth-order valence-corrected chi connectivity index (χ4v) is 3.25. The topological polar surface area (TPSA) is 69.2 Å². The zero-order valence-corrected chi connectivity index (χ0v) is 13.0. The number of fused-ring (bicyclic) bond motifs is 1. The van der Waals surface area contributed by atoms with E-state index in [-0.39, 0.29) is 0 Å². The van der Waals surface area contributed by atoms with Crippen molar-refractivity contribution in [3.05, 3.63) is 29.6 Å². The van der Waals surface area contributed by atoms with E-state index in [2.05, 4.69) is 21.8 Å². The summed E-state index contributed by atoms with van der Waals surface area (Å²) in [5.74, 6) is 0.0411. The van der Waals surface area contributed by atoms with E-state index >= 15 is 0 Å². The molecule has 0 aliphatic carbocycles. The third-order valence-corrected chi connectivity index (χ3v) is 4.58. The van der Waals surface area contributed by atoms with Crippen molar-refractivity contribution in [2.24, 2.45) is 0 Å². The van der Waals surface area contributed by atoms with Crippen molar-refractivity contribution in [2.75, 3.05) is 13.1 Å². The molecule has 0 amide bonds. The Hall–Kier alpha value is -1.88. The number of imidazole rings is 1. The second-order valence-electron chi connectivity index (χ2n) is 6.20. The molecule has 1 aromatic heterocycles. The Balaban J connectivity index is 1.60. The standard InChI is InChI=1S/C17H23N3O2/c1-12-5-2-3-9-20(12)10-4-6-16-18-14-8-7-13(17(21)22)11-15(14)19-16/h7-8,11-12H,2-6,9-10H2,1H3,(H,18,19)(H,21,22). The number of rotatable bonds is 5. The molecule has 0 saturated carbocycles. The first-order chi connectivity index (χ1) is 10.6. The lowest BCUT2D eigenvalue weighted by Gasteiger charge is -2.33. The third-order valence-electron chi connectivity index (χ3n) is 4.58. The van der Waals surface area contributed by atoms with Crippen LogP contribution in [0.1, 0.15) is 48.8 Å². The predicted molar refractivity (Wildman–Crippen MR) is 86.3 cm³/mol. The minimum absolute atomic E-state index is 0.296. The second-order valence-corrected chi connectivity index (χ2v) is 6.20. The van der Waals surface area contributed by atoms with Crippen LogP contribution in [0.15, 0.2) is 18.2 Å². The van der Waals surface area contributed by atoms with Gasteiger partial charge in [0.05, 0.1) is 16.6 Å². The number of aryl methyl sites for hydroxylation is 1. The number of hydrogen-bond acceptors (Lipinski definition) is 3. The lowest BCUT2D eigenvalue weighted by Crippen LogP contribution is -2.38. The molecule has 5 nitrogen and oxygen atoms in total. The van der Waals surface area contributed by atoms with E-state index in [1.807, 2.05) is 0 Å². The molecule has 0 spiro atoms. The number of likely N-dealkylation sites (tertiary alicyclic amines) is 1. The van der Waals surface area contributed by atoms with Crippen LogP contribution in [-0.2, 0) is 6.42 Å². The number of aromatic carboxylic acids is 1. The monoisotopic (exact) mass is 301 g/mol. The lowest BCUT2D eigenvalue weighted by molar-refractivity contribution is 0.0697. The van der Waals surface area contributed by atoms with Crippen LogP contribution in [0.2, 0.25) is 0 Å². The predicted octanol–water partition coefficient (Wildman–Crippen LogP) is 3.07. The molecule has 3 rings (SSSR count). The van der Waals surface area contributed by atoms with Gasteiger partial charge in [-0.05, 0) is 57.5 Å². The smallest absolute Gasteiger partial charge is 0.335 e. The van der Waals surface area contributed by atoms with Crippen LogP contribution in [0.5, 0.6) is 0 Å². The van der Waals surface area contributed by atoms with Crippen molar-refractivity contribution < 1.29 is 9.90 Å². The van der Waals surface area contributed by atoms with Crippen LogP contribution in [0.4, 0.5) is 0 Å². The molecule has 1 aromatic carbocycles. The van der Waals surface area contributed by atoms with Gasteiger partial charge in [0.2, 0.25) is 0 Å². The van der Waals surface area contributed by atoms with Gasteiger partial charge in [-0.25, -0.2) is 9.78 Å². The third kappa shape index (κ3) is 3.30. The molecule has 5 heteroatoms. The number of carboxylic acids is 1. The lowest BCUT2D eigenvalue weighted by atomic mass is 10.0. The Bertz CT molecular complexity index is 665. The summed E-state index contributed by atoms with van der Waals surface area (Å²) in [6.07, 6.45) is 5.96. The summed E-state index contributed by atoms with van der Waals surface area (Å²) in [6, 6.07) is 5.72. The van der Waals surface area contributed by atoms with Gasteiger partial charge in [0.25, 0.3) is 0 Å². The highest BCUT2D eigenvalue weighted by Crippen LogP contribution is 2.18. The minimum Gasteiger partial charge on any atom is -0.478 e. The number of aromatic nitrogens is 2. The van der Waals surface area contributed by atoms with Gasteiger partial charge in [0, 0.05) is 12.5 Å². The molecule has 22 heavy (non-hydrogen) atoms. The number of hydrogen-bond donors (Lipinski definition) is 2. The van der Waals surface area contributed by atoms with Gasteiger partial charge in [-0.2, -0.15) is 0 Å². The highest BCUT2D eigenvalue weighted by Gasteiger charge is 2.17. The highest BCUT2D eigenvalue weighted by atomic mass is 16.4. The first-order valence-electron chi connectivity index (χ1n) is 8.09. The highest BCUT2D eigenvalue weighted by molar-refractivity contribution is 5.92. The number of nitrogens with zero attached hydrogens (tertiary/aromatic N) is 2. The average Bonchev–Trinajstić information content (AvgIpc) is 2.90. The molecular formula is C17H23N3O2. The van der Waals surface area contributed by atoms with Gasteiger partial charge in [-0.3, -0.25) is 0 Å². The van der Waals surface area contributed by atoms with Crippen LogP contribution < -0.4 is 0 Å². The summed E-state index contributed by atoms with van der Waals surface area (Å²) in [4.78, 5) is 21.3. The van der Waals surface area contributed by atoms with Crippen molar-refractivity contribution in [1.29, 1.82) is 0 Å². The Morgan fingerprint density at radius 1 is 1.45 bits per heavy atom. The van der Waals surface area contributed by atoms with E-state index in [0.29, 0.717) is 11.6 Å². The fourth-order valence-electron chi connectivity index (χ4n) is 3.25. The maximum atomic E-state index is 11.0. The van der Waals surface area contributed by atoms with Crippen molar-refractivity contribution in [2.45, 2.75) is 45.1 Å². The molecule has 1 fully saturated rings. The van der Waals surface area contributed by atoms with Crippen LogP contribution in [-0.4, -0.2) is 45.1 Å². The maximum Gasteiger partial charge on any atom is 0.335 e. The van der Waals surface area contributed by atoms with E-state index in [1.54, 1.807) is 18.2 Å². The van der Waals surface area contributed by atoms with E-state index in [9.17, 15) is 4.79 Å². The number of piperidine rings is 1. The molecule has 2 aromatic rings. The normalized spacial score (nSPS) is 19.6. The van der Waals surface area contributed by atoms with Gasteiger partial charge in [0.15, 0.2) is 0 Å². The summed E-state index contributed by atoms with van der Waals surface area (Å²) in [7, 11) is 0. The summed E-state index contributed by atoms with van der Waals surface area (Å²) < 4.78 is 0. The largest absolute Gasteiger partial charge is 0.478 e. The molecule has 1 aliphatic rings. The van der Waals surface area contributed by atoms with Gasteiger partial charge in [0.1, 0.15) is 5.82 Å². The van der Waals surface area contributed by atoms with Crippen molar-refractivity contribution in [1.82, 2.24) is 14.9 Å². The van der Waals surface area contributed by atoms with E-state index < -0.39 is 5.97 Å². The molecule has 0 bridgehead atoms. The van der Waals surface area contributed by atoms with Crippen molar-refractivity contribution >= 4 is 17.0 Å². The zero-order valence-electron chi connectivity index (χ0n) is 13.0. The van der Waals surface area contributed by atoms with Gasteiger partial charge in [-0.15, -0.1) is 0 Å². The van der Waals surface area contributed by atoms with Gasteiger partial charge >= 0.3 is 5.97 Å². The first-order valence-corrected chi connectivity index (χ1v) is 8.09. The SMILES string of the molecule is CC1CCCCN1CCCc1nc2ccc(C(=O)O)cc2[nH]1. The molecule has 0 radical (unpaired) electrons. The van der Waals surface area contributed by atoms with Crippen LogP contribution in [0.25, 0.3) is 11.0 Å². The van der Waals surface area contributed by atoms with Crippen molar-refractivity contribution in [3.8, 4) is 0 Å². The molecule has 118 valence electrons. The number of aromatic amines is 1. The Labute approximate surface area is 130 Å². The Morgan fingerprint density at radius 2 is 2.32 bits per heavy atom. The van der Waals surface area contributed by atoms with Crippen LogP contribution in [0.3, 0.4) is 0 Å². The molecule has 1 unspecified atom stereocenters. The Morgan fingerprint density at radius 3 is 3.09 bits per heavy atom. The number of nitrogens with one attached hydrogen (secondary N) is 1. The average molecular weight is 301 g/mol. The van der Waals surface area contributed by atoms with E-state index in [0.717, 1.165) is 36.2 Å². The number of benzene rings is 1.